The van der Waals surface area contributed by atoms with Gasteiger partial charge < -0.3 is 0 Å². The predicted molar refractivity (Wildman–Crippen MR) is 288 cm³/mol. The van der Waals surface area contributed by atoms with Gasteiger partial charge in [0.25, 0.3) is 0 Å². The Labute approximate surface area is 392 Å². The lowest BCUT2D eigenvalue weighted by Crippen LogP contribution is -1.94. The van der Waals surface area contributed by atoms with Crippen LogP contribution in [0, 0.1) is 0 Å². The number of unbranched alkanes of at least 4 members (excludes halogenated alkanes) is 2. The van der Waals surface area contributed by atoms with E-state index in [1.165, 1.54) is 124 Å². The summed E-state index contributed by atoms with van der Waals surface area (Å²) in [5.74, 6) is 1.12. The third-order valence-corrected chi connectivity index (χ3v) is 13.2. The molecule has 0 bridgehead atoms. The van der Waals surface area contributed by atoms with Gasteiger partial charge in [-0.1, -0.05) is 235 Å². The lowest BCUT2D eigenvalue weighted by atomic mass is 9.84. The molecule has 0 radical (unpaired) electrons. The molecule has 0 aliphatic rings. The van der Waals surface area contributed by atoms with Crippen LogP contribution >= 0.6 is 11.8 Å². The summed E-state index contributed by atoms with van der Waals surface area (Å²) in [6.45, 7) is 8.56. The van der Waals surface area contributed by atoms with Crippen molar-refractivity contribution in [2.45, 2.75) is 64.7 Å². The Kier molecular flexibility index (Phi) is 15.4. The number of fused-ring (bicyclic) bond motifs is 2. The van der Waals surface area contributed by atoms with E-state index in [2.05, 4.69) is 232 Å². The summed E-state index contributed by atoms with van der Waals surface area (Å²) in [6.07, 6.45) is 10.5. The number of hydrogen-bond acceptors (Lipinski definition) is 1. The highest BCUT2D eigenvalue weighted by molar-refractivity contribution is 7.99. The smallest absolute Gasteiger partial charge is 0.00785 e. The second-order valence-corrected chi connectivity index (χ2v) is 17.6. The highest BCUT2D eigenvalue weighted by atomic mass is 32.2. The van der Waals surface area contributed by atoms with Gasteiger partial charge in [0.2, 0.25) is 0 Å². The average Bonchev–Trinajstić information content (AvgIpc) is 3.38. The number of aryl methyl sites for hydroxylation is 1. The van der Waals surface area contributed by atoms with Crippen LogP contribution in [0.5, 0.6) is 0 Å². The minimum absolute atomic E-state index is 1.07. The molecule has 0 atom stereocenters. The molecular weight excluding hydrogens is 801 g/mol. The monoisotopic (exact) mass is 860 g/mol. The maximum absolute atomic E-state index is 2.49. The molecule has 9 aromatic rings. The molecule has 0 amide bonds. The Morgan fingerprint density at radius 1 is 0.400 bits per heavy atom. The fourth-order valence-corrected chi connectivity index (χ4v) is 9.83. The second kappa shape index (κ2) is 22.3. The Morgan fingerprint density at radius 3 is 1.22 bits per heavy atom. The molecule has 0 saturated carbocycles. The predicted octanol–water partition coefficient (Wildman–Crippen LogP) is 18.8. The Balaban J connectivity index is 0.00000284. The van der Waals surface area contributed by atoms with E-state index in [1.807, 2.05) is 25.6 Å². The molecule has 0 nitrogen and oxygen atoms in total. The van der Waals surface area contributed by atoms with E-state index >= 15 is 0 Å². The van der Waals surface area contributed by atoms with Crippen LogP contribution in [0.2, 0.25) is 0 Å². The lowest BCUT2D eigenvalue weighted by Gasteiger charge is -2.20. The van der Waals surface area contributed by atoms with Crippen molar-refractivity contribution in [2.75, 3.05) is 5.75 Å². The van der Waals surface area contributed by atoms with Crippen molar-refractivity contribution < 1.29 is 0 Å². The Bertz CT molecular complexity index is 2900. The minimum atomic E-state index is 1.07. The van der Waals surface area contributed by atoms with Crippen molar-refractivity contribution in [2.24, 2.45) is 0 Å². The molecule has 9 aromatic carbocycles. The standard InChI is InChI=1S/C62H54S.C2H6/c1-3-5-19-45-32-38-55-59(43-45)61(52-33-28-46(29-34-52)41-57(48-20-11-7-12-21-48)49-22-13-8-14-23-49)56-39-37-54(63-40-6-4-2)44-60(56)62(55)53-35-30-47(31-36-53)42-58(50-24-15-9-16-25-50)51-26-17-10-18-27-51;1-2/h7-18,20-39,41-44H,3-6,19,40H2,1-2H3;1-2H3. The highest BCUT2D eigenvalue weighted by Gasteiger charge is 2.19. The van der Waals surface area contributed by atoms with Gasteiger partial charge in [0.1, 0.15) is 0 Å². The molecule has 9 rings (SSSR count). The molecule has 0 saturated heterocycles. The molecule has 0 heterocycles. The maximum atomic E-state index is 2.49. The summed E-state index contributed by atoms with van der Waals surface area (Å²) in [6, 6.07) is 76.0. The van der Waals surface area contributed by atoms with Gasteiger partial charge >= 0.3 is 0 Å². The van der Waals surface area contributed by atoms with Crippen molar-refractivity contribution in [3.8, 4) is 22.3 Å². The summed E-state index contributed by atoms with van der Waals surface area (Å²) in [4.78, 5) is 1.33. The first-order valence-corrected chi connectivity index (χ1v) is 24.7. The molecule has 0 aliphatic carbocycles. The van der Waals surface area contributed by atoms with Gasteiger partial charge in [0, 0.05) is 4.90 Å². The van der Waals surface area contributed by atoms with Crippen molar-refractivity contribution in [3.63, 3.8) is 0 Å². The van der Waals surface area contributed by atoms with Crippen molar-refractivity contribution in [3.05, 3.63) is 245 Å². The van der Waals surface area contributed by atoms with Crippen molar-refractivity contribution in [1.82, 2.24) is 0 Å². The van der Waals surface area contributed by atoms with Gasteiger partial charge in [-0.3, -0.25) is 0 Å². The third-order valence-electron chi connectivity index (χ3n) is 12.1. The van der Waals surface area contributed by atoms with Gasteiger partial charge in [0.05, 0.1) is 0 Å². The zero-order valence-corrected chi connectivity index (χ0v) is 39.3. The van der Waals surface area contributed by atoms with Crippen LogP contribution < -0.4 is 0 Å². The normalized spacial score (nSPS) is 10.9. The first kappa shape index (κ1) is 44.9. The van der Waals surface area contributed by atoms with Gasteiger partial charge in [0.15, 0.2) is 0 Å². The number of hydrogen-bond donors (Lipinski definition) is 0. The fourth-order valence-electron chi connectivity index (χ4n) is 8.80. The van der Waals surface area contributed by atoms with Crippen LogP contribution in [0.4, 0.5) is 0 Å². The molecule has 0 N–H and O–H groups in total. The first-order chi connectivity index (χ1) is 32.2. The van der Waals surface area contributed by atoms with Crippen molar-refractivity contribution >= 4 is 56.6 Å². The minimum Gasteiger partial charge on any atom is -0.126 e. The van der Waals surface area contributed by atoms with Gasteiger partial charge in [-0.15, -0.1) is 11.8 Å². The Morgan fingerprint density at radius 2 is 0.800 bits per heavy atom. The van der Waals surface area contributed by atoms with Gasteiger partial charge in [-0.25, -0.2) is 0 Å². The third kappa shape index (κ3) is 10.7. The van der Waals surface area contributed by atoms with E-state index in [4.69, 9.17) is 0 Å². The maximum Gasteiger partial charge on any atom is 0.00785 e. The summed E-state index contributed by atoms with van der Waals surface area (Å²) in [7, 11) is 0. The summed E-state index contributed by atoms with van der Waals surface area (Å²) in [5.41, 5.74) is 16.1. The van der Waals surface area contributed by atoms with Crippen LogP contribution in [-0.4, -0.2) is 5.75 Å². The van der Waals surface area contributed by atoms with Crippen LogP contribution in [0.15, 0.2) is 211 Å². The number of rotatable bonds is 15. The molecule has 0 fully saturated rings. The van der Waals surface area contributed by atoms with Gasteiger partial charge in [-0.2, -0.15) is 0 Å². The molecule has 0 spiro atoms. The van der Waals surface area contributed by atoms with Gasteiger partial charge in [-0.05, 0) is 143 Å². The quantitative estimate of drug-likeness (QED) is 0.0428. The molecule has 1 heteroatoms. The number of thioether (sulfide) groups is 1. The van der Waals surface area contributed by atoms with E-state index in [1.54, 1.807) is 0 Å². The van der Waals surface area contributed by atoms with Crippen LogP contribution in [-0.2, 0) is 6.42 Å². The van der Waals surface area contributed by atoms with Crippen LogP contribution in [0.1, 0.15) is 92.3 Å². The van der Waals surface area contributed by atoms with E-state index < -0.39 is 0 Å². The molecule has 0 unspecified atom stereocenters. The van der Waals surface area contributed by atoms with E-state index in [9.17, 15) is 0 Å². The second-order valence-electron chi connectivity index (χ2n) is 16.5. The first-order valence-electron chi connectivity index (χ1n) is 23.7. The molecule has 0 aliphatic heterocycles. The summed E-state index contributed by atoms with van der Waals surface area (Å²) >= 11 is 1.98. The van der Waals surface area contributed by atoms with Crippen LogP contribution in [0.25, 0.3) is 67.1 Å². The van der Waals surface area contributed by atoms with E-state index in [0.29, 0.717) is 0 Å². The fraction of sp³-hybridized carbons (Fsp3) is 0.156. The molecule has 65 heavy (non-hydrogen) atoms. The zero-order valence-electron chi connectivity index (χ0n) is 38.4. The zero-order chi connectivity index (χ0) is 44.8. The lowest BCUT2D eigenvalue weighted by molar-refractivity contribution is 0.796. The average molecular weight is 861 g/mol. The topological polar surface area (TPSA) is 0 Å². The number of benzene rings is 9. The van der Waals surface area contributed by atoms with E-state index in [0.717, 1.165) is 12.2 Å². The van der Waals surface area contributed by atoms with Crippen LogP contribution in [0.3, 0.4) is 0 Å². The molecule has 0 aromatic heterocycles. The molecule has 322 valence electrons. The highest BCUT2D eigenvalue weighted by Crippen LogP contribution is 2.45. The SMILES string of the molecule is CC.CCCCSc1ccc2c(-c3ccc(C=C(c4ccccc4)c4ccccc4)cc3)c3cc(CCCC)ccc3c(-c3ccc(C=C(c4ccccc4)c4ccccc4)cc3)c2c1. The largest absolute Gasteiger partial charge is 0.126 e. The summed E-state index contributed by atoms with van der Waals surface area (Å²) < 4.78 is 0. The van der Waals surface area contributed by atoms with Crippen molar-refractivity contribution in [1.29, 1.82) is 0 Å². The Hall–Kier alpha value is -6.67. The molecular formula is C64H60S. The van der Waals surface area contributed by atoms with E-state index in [-0.39, 0.29) is 0 Å². The summed E-state index contributed by atoms with van der Waals surface area (Å²) in [5, 5.41) is 5.21.